The summed E-state index contributed by atoms with van der Waals surface area (Å²) in [5.41, 5.74) is 0. The normalized spacial score (nSPS) is 14.8. The number of thioether (sulfide) groups is 1. The summed E-state index contributed by atoms with van der Waals surface area (Å²) < 4.78 is 0. The topological polar surface area (TPSA) is 12.0 Å². The van der Waals surface area contributed by atoms with E-state index in [-0.39, 0.29) is 0 Å². The van der Waals surface area contributed by atoms with Crippen LogP contribution in [0, 0.1) is 0 Å². The minimum atomic E-state index is 0.536. The van der Waals surface area contributed by atoms with Crippen LogP contribution in [-0.2, 0) is 0 Å². The number of hydrogen-bond acceptors (Lipinski definition) is 2. The first kappa shape index (κ1) is 13.9. The maximum Gasteiger partial charge on any atom is 0.0541 e. The van der Waals surface area contributed by atoms with Crippen LogP contribution in [0.25, 0.3) is 0 Å². The van der Waals surface area contributed by atoms with Crippen molar-refractivity contribution in [1.29, 1.82) is 0 Å². The molecule has 16 heavy (non-hydrogen) atoms. The average Bonchev–Trinajstić information content (AvgIpc) is 2.29. The Kier molecular flexibility index (Phi) is 6.25. The van der Waals surface area contributed by atoms with Gasteiger partial charge in [-0.1, -0.05) is 37.6 Å². The molecule has 0 saturated carbocycles. The molecule has 0 aliphatic heterocycles. The molecule has 0 spiro atoms. The molecular formula is C13H20ClNS. The Bertz CT molecular complexity index is 317. The van der Waals surface area contributed by atoms with E-state index in [4.69, 9.17) is 11.6 Å². The van der Waals surface area contributed by atoms with E-state index >= 15 is 0 Å². The van der Waals surface area contributed by atoms with Gasteiger partial charge >= 0.3 is 0 Å². The van der Waals surface area contributed by atoms with E-state index in [1.54, 1.807) is 0 Å². The number of hydrogen-bond donors (Lipinski definition) is 1. The van der Waals surface area contributed by atoms with E-state index in [0.29, 0.717) is 11.3 Å². The minimum absolute atomic E-state index is 0.536. The van der Waals surface area contributed by atoms with Crippen molar-refractivity contribution in [2.45, 2.75) is 43.4 Å². The molecule has 0 bridgehead atoms. The number of halogens is 1. The molecule has 2 atom stereocenters. The Labute approximate surface area is 108 Å². The predicted octanol–water partition coefficient (Wildman–Crippen LogP) is 4.21. The van der Waals surface area contributed by atoms with Crippen molar-refractivity contribution in [3.05, 3.63) is 29.3 Å². The molecule has 1 aromatic rings. The average molecular weight is 258 g/mol. The lowest BCUT2D eigenvalue weighted by molar-refractivity contribution is 0.537. The molecule has 0 fully saturated rings. The van der Waals surface area contributed by atoms with Gasteiger partial charge in [-0.05, 0) is 25.5 Å². The molecule has 0 aromatic heterocycles. The summed E-state index contributed by atoms with van der Waals surface area (Å²) in [6, 6.07) is 8.61. The summed E-state index contributed by atoms with van der Waals surface area (Å²) in [6.07, 6.45) is 1.17. The number of nitrogens with one attached hydrogen (secondary N) is 1. The molecule has 0 amide bonds. The first-order chi connectivity index (χ1) is 7.63. The molecule has 1 N–H and O–H groups in total. The lowest BCUT2D eigenvalue weighted by Crippen LogP contribution is -2.30. The van der Waals surface area contributed by atoms with Gasteiger partial charge in [-0.3, -0.25) is 0 Å². The minimum Gasteiger partial charge on any atom is -0.313 e. The Morgan fingerprint density at radius 1 is 1.31 bits per heavy atom. The third kappa shape index (κ3) is 4.77. The largest absolute Gasteiger partial charge is 0.313 e. The van der Waals surface area contributed by atoms with Crippen LogP contribution >= 0.6 is 23.4 Å². The van der Waals surface area contributed by atoms with Gasteiger partial charge in [0.05, 0.1) is 5.02 Å². The fraction of sp³-hybridized carbons (Fsp3) is 0.538. The van der Waals surface area contributed by atoms with Gasteiger partial charge < -0.3 is 5.32 Å². The van der Waals surface area contributed by atoms with Gasteiger partial charge in [0.25, 0.3) is 0 Å². The lowest BCUT2D eigenvalue weighted by Gasteiger charge is -2.16. The molecule has 1 aromatic carbocycles. The van der Waals surface area contributed by atoms with Crippen molar-refractivity contribution >= 4 is 23.4 Å². The highest BCUT2D eigenvalue weighted by Crippen LogP contribution is 2.29. The van der Waals surface area contributed by atoms with Crippen LogP contribution in [0.2, 0.25) is 5.02 Å². The van der Waals surface area contributed by atoms with Gasteiger partial charge in [-0.25, -0.2) is 0 Å². The smallest absolute Gasteiger partial charge is 0.0541 e. The van der Waals surface area contributed by atoms with Crippen LogP contribution in [0.4, 0.5) is 0 Å². The van der Waals surface area contributed by atoms with Crippen molar-refractivity contribution in [2.24, 2.45) is 0 Å². The van der Waals surface area contributed by atoms with Crippen LogP contribution in [-0.4, -0.2) is 17.8 Å². The molecule has 2 unspecified atom stereocenters. The number of benzene rings is 1. The van der Waals surface area contributed by atoms with Crippen molar-refractivity contribution in [2.75, 3.05) is 6.54 Å². The quantitative estimate of drug-likeness (QED) is 0.767. The van der Waals surface area contributed by atoms with Crippen LogP contribution in [0.1, 0.15) is 27.2 Å². The molecule has 0 aliphatic rings. The van der Waals surface area contributed by atoms with E-state index in [2.05, 4.69) is 32.2 Å². The Hall–Kier alpha value is -0.180. The lowest BCUT2D eigenvalue weighted by atomic mass is 10.2. The van der Waals surface area contributed by atoms with E-state index in [9.17, 15) is 0 Å². The van der Waals surface area contributed by atoms with E-state index in [1.807, 2.05) is 30.0 Å². The van der Waals surface area contributed by atoms with Gasteiger partial charge in [0, 0.05) is 22.7 Å². The monoisotopic (exact) mass is 257 g/mol. The van der Waals surface area contributed by atoms with E-state index in [1.165, 1.54) is 11.3 Å². The second-order valence-electron chi connectivity index (χ2n) is 4.08. The van der Waals surface area contributed by atoms with Crippen molar-refractivity contribution in [1.82, 2.24) is 5.32 Å². The Balaban J connectivity index is 2.40. The highest BCUT2D eigenvalue weighted by molar-refractivity contribution is 8.00. The second-order valence-corrected chi connectivity index (χ2v) is 5.96. The second kappa shape index (κ2) is 7.21. The van der Waals surface area contributed by atoms with Crippen molar-refractivity contribution < 1.29 is 0 Å². The van der Waals surface area contributed by atoms with Crippen LogP contribution in [0.15, 0.2) is 29.2 Å². The standard InChI is InChI=1S/C13H20ClNS/c1-4-10(2)15-9-11(3)16-13-8-6-5-7-12(13)14/h5-8,10-11,15H,4,9H2,1-3H3. The SMILES string of the molecule is CCC(C)NCC(C)Sc1ccccc1Cl. The summed E-state index contributed by atoms with van der Waals surface area (Å²) in [6.45, 7) is 7.66. The van der Waals surface area contributed by atoms with Crippen molar-refractivity contribution in [3.63, 3.8) is 0 Å². The molecular weight excluding hydrogens is 238 g/mol. The Morgan fingerprint density at radius 3 is 2.62 bits per heavy atom. The molecule has 90 valence electrons. The van der Waals surface area contributed by atoms with Crippen molar-refractivity contribution in [3.8, 4) is 0 Å². The van der Waals surface area contributed by atoms with E-state index < -0.39 is 0 Å². The summed E-state index contributed by atoms with van der Waals surface area (Å²) in [4.78, 5) is 1.17. The fourth-order valence-electron chi connectivity index (χ4n) is 1.31. The third-order valence-electron chi connectivity index (χ3n) is 2.53. The number of rotatable bonds is 6. The van der Waals surface area contributed by atoms with Gasteiger partial charge in [0.1, 0.15) is 0 Å². The first-order valence-corrected chi connectivity index (χ1v) is 7.03. The van der Waals surface area contributed by atoms with Crippen LogP contribution in [0.3, 0.4) is 0 Å². The molecule has 0 saturated heterocycles. The predicted molar refractivity (Wildman–Crippen MR) is 74.5 cm³/mol. The van der Waals surface area contributed by atoms with Gasteiger partial charge in [0.15, 0.2) is 0 Å². The fourth-order valence-corrected chi connectivity index (χ4v) is 2.53. The zero-order valence-corrected chi connectivity index (χ0v) is 11.7. The first-order valence-electron chi connectivity index (χ1n) is 5.78. The van der Waals surface area contributed by atoms with Gasteiger partial charge in [0.2, 0.25) is 0 Å². The van der Waals surface area contributed by atoms with Crippen LogP contribution < -0.4 is 5.32 Å². The van der Waals surface area contributed by atoms with Gasteiger partial charge in [-0.15, -0.1) is 11.8 Å². The summed E-state index contributed by atoms with van der Waals surface area (Å²) >= 11 is 7.95. The maximum atomic E-state index is 6.12. The molecule has 1 nitrogen and oxygen atoms in total. The zero-order valence-electron chi connectivity index (χ0n) is 10.2. The maximum absolute atomic E-state index is 6.12. The highest BCUT2D eigenvalue weighted by atomic mass is 35.5. The molecule has 0 aliphatic carbocycles. The Morgan fingerprint density at radius 2 is 2.00 bits per heavy atom. The van der Waals surface area contributed by atoms with E-state index in [0.717, 1.165) is 11.6 Å². The summed E-state index contributed by atoms with van der Waals surface area (Å²) in [7, 11) is 0. The van der Waals surface area contributed by atoms with Crippen LogP contribution in [0.5, 0.6) is 0 Å². The molecule has 3 heteroatoms. The zero-order chi connectivity index (χ0) is 12.0. The summed E-state index contributed by atoms with van der Waals surface area (Å²) in [5, 5.41) is 4.89. The van der Waals surface area contributed by atoms with Gasteiger partial charge in [-0.2, -0.15) is 0 Å². The molecule has 1 rings (SSSR count). The highest BCUT2D eigenvalue weighted by Gasteiger charge is 2.08. The summed E-state index contributed by atoms with van der Waals surface area (Å²) in [5.74, 6) is 0. The molecule has 0 radical (unpaired) electrons. The molecule has 0 heterocycles. The third-order valence-corrected chi connectivity index (χ3v) is 4.15.